The van der Waals surface area contributed by atoms with E-state index >= 15 is 0 Å². The molecule has 0 saturated carbocycles. The number of hydrogen-bond acceptors (Lipinski definition) is 5. The van der Waals surface area contributed by atoms with Gasteiger partial charge in [-0.05, 0) is 49.2 Å². The third kappa shape index (κ3) is 5.56. The number of rotatable bonds is 8. The molecule has 0 spiro atoms. The van der Waals surface area contributed by atoms with Gasteiger partial charge in [0.2, 0.25) is 5.82 Å². The van der Waals surface area contributed by atoms with Crippen LogP contribution in [-0.2, 0) is 6.54 Å². The molecule has 2 aromatic carbocycles. The van der Waals surface area contributed by atoms with Gasteiger partial charge >= 0.3 is 0 Å². The molecule has 4 rings (SSSR count). The number of hydrogen-bond donors (Lipinski definition) is 0. The first-order valence-corrected chi connectivity index (χ1v) is 11.2. The van der Waals surface area contributed by atoms with Gasteiger partial charge in [-0.25, -0.2) is 4.39 Å². The quantitative estimate of drug-likeness (QED) is 0.506. The number of aryl methyl sites for hydroxylation is 2. The summed E-state index contributed by atoms with van der Waals surface area (Å²) in [6, 6.07) is 14.6. The van der Waals surface area contributed by atoms with Gasteiger partial charge in [0.1, 0.15) is 5.82 Å². The molecule has 1 saturated heterocycles. The summed E-state index contributed by atoms with van der Waals surface area (Å²) in [5, 5.41) is 12.7. The summed E-state index contributed by atoms with van der Waals surface area (Å²) in [4.78, 5) is 18.5. The van der Waals surface area contributed by atoms with E-state index in [1.165, 1.54) is 6.07 Å². The Morgan fingerprint density at radius 3 is 2.47 bits per heavy atom. The minimum Gasteiger partial charge on any atom is -0.336 e. The maximum absolute atomic E-state index is 13.8. The summed E-state index contributed by atoms with van der Waals surface area (Å²) in [6.45, 7) is 6.54. The van der Waals surface area contributed by atoms with E-state index in [9.17, 15) is 9.18 Å². The Morgan fingerprint density at radius 1 is 0.969 bits per heavy atom. The third-order valence-electron chi connectivity index (χ3n) is 5.90. The predicted molar refractivity (Wildman–Crippen MR) is 121 cm³/mol. The van der Waals surface area contributed by atoms with Crippen LogP contribution in [0.25, 0.3) is 11.4 Å². The lowest BCUT2D eigenvalue weighted by atomic mass is 10.1. The number of aromatic nitrogens is 4. The van der Waals surface area contributed by atoms with Crippen molar-refractivity contribution in [3.63, 3.8) is 0 Å². The van der Waals surface area contributed by atoms with Gasteiger partial charge in [-0.3, -0.25) is 9.69 Å². The molecule has 0 bridgehead atoms. The summed E-state index contributed by atoms with van der Waals surface area (Å²) in [5.41, 5.74) is 1.96. The van der Waals surface area contributed by atoms with Crippen LogP contribution < -0.4 is 0 Å². The van der Waals surface area contributed by atoms with E-state index in [0.29, 0.717) is 30.0 Å². The molecule has 7 nitrogen and oxygen atoms in total. The molecule has 32 heavy (non-hydrogen) atoms. The first-order valence-electron chi connectivity index (χ1n) is 11.2. The van der Waals surface area contributed by atoms with Crippen molar-refractivity contribution in [3.05, 3.63) is 65.5 Å². The van der Waals surface area contributed by atoms with Gasteiger partial charge in [0.05, 0.1) is 6.54 Å². The molecular weight excluding hydrogens is 407 g/mol. The zero-order chi connectivity index (χ0) is 22.3. The van der Waals surface area contributed by atoms with Crippen LogP contribution in [0.1, 0.15) is 35.2 Å². The smallest absolute Gasteiger partial charge is 0.254 e. The Bertz CT molecular complexity index is 1030. The number of carbonyl (C=O) groups excluding carboxylic acids is 1. The summed E-state index contributed by atoms with van der Waals surface area (Å²) in [7, 11) is 0. The van der Waals surface area contributed by atoms with Crippen LogP contribution in [0.2, 0.25) is 0 Å². The van der Waals surface area contributed by atoms with Gasteiger partial charge in [-0.2, -0.15) is 4.80 Å². The Kier molecular flexibility index (Phi) is 7.21. The molecule has 1 amide bonds. The maximum atomic E-state index is 13.8. The lowest BCUT2D eigenvalue weighted by Gasteiger charge is -2.34. The minimum absolute atomic E-state index is 0.0845. The van der Waals surface area contributed by atoms with Crippen molar-refractivity contribution in [1.82, 2.24) is 30.0 Å². The van der Waals surface area contributed by atoms with E-state index in [1.54, 1.807) is 23.9 Å². The highest BCUT2D eigenvalue weighted by molar-refractivity contribution is 5.94. The van der Waals surface area contributed by atoms with Crippen molar-refractivity contribution < 1.29 is 9.18 Å². The molecule has 1 fully saturated rings. The van der Waals surface area contributed by atoms with Gasteiger partial charge in [-0.1, -0.05) is 42.8 Å². The highest BCUT2D eigenvalue weighted by Gasteiger charge is 2.22. The molecular formula is C24H29FN6O. The Balaban J connectivity index is 1.13. The molecule has 3 aromatic rings. The normalized spacial score (nSPS) is 14.6. The summed E-state index contributed by atoms with van der Waals surface area (Å²) in [5.74, 6) is 0.247. The number of benzene rings is 2. The number of piperazine rings is 1. The summed E-state index contributed by atoms with van der Waals surface area (Å²) >= 11 is 0. The van der Waals surface area contributed by atoms with Gasteiger partial charge < -0.3 is 4.90 Å². The molecule has 0 atom stereocenters. The van der Waals surface area contributed by atoms with Gasteiger partial charge in [-0.15, -0.1) is 10.2 Å². The topological polar surface area (TPSA) is 67.2 Å². The molecule has 0 aliphatic carbocycles. The van der Waals surface area contributed by atoms with Crippen molar-refractivity contribution >= 4 is 5.91 Å². The molecule has 0 radical (unpaired) electrons. The highest BCUT2D eigenvalue weighted by atomic mass is 19.1. The number of nitrogens with zero attached hydrogens (tertiary/aromatic N) is 6. The van der Waals surface area contributed by atoms with Crippen molar-refractivity contribution in [2.24, 2.45) is 0 Å². The third-order valence-corrected chi connectivity index (χ3v) is 5.90. The second-order valence-corrected chi connectivity index (χ2v) is 8.23. The Hall–Kier alpha value is -3.13. The molecule has 1 aromatic heterocycles. The minimum atomic E-state index is -0.327. The Morgan fingerprint density at radius 2 is 1.72 bits per heavy atom. The van der Waals surface area contributed by atoms with Crippen LogP contribution in [-0.4, -0.2) is 68.6 Å². The van der Waals surface area contributed by atoms with Gasteiger partial charge in [0, 0.05) is 37.3 Å². The zero-order valence-corrected chi connectivity index (χ0v) is 18.5. The predicted octanol–water partition coefficient (Wildman–Crippen LogP) is 3.42. The molecule has 1 aliphatic heterocycles. The standard InChI is InChI=1S/C24H29FN6O/c1-19-10-11-21(18-22(19)25)24(32)30-16-14-29(15-17-30)12-6-3-7-13-31-27-23(26-28-31)20-8-4-2-5-9-20/h2,4-5,8-11,18H,3,6-7,12-17H2,1H3. The zero-order valence-electron chi connectivity index (χ0n) is 18.5. The van der Waals surface area contributed by atoms with Crippen LogP contribution in [0, 0.1) is 12.7 Å². The second-order valence-electron chi connectivity index (χ2n) is 8.23. The van der Waals surface area contributed by atoms with Gasteiger partial charge in [0.25, 0.3) is 5.91 Å². The van der Waals surface area contributed by atoms with Crippen LogP contribution in [0.3, 0.4) is 0 Å². The number of amides is 1. The number of tetrazole rings is 1. The van der Waals surface area contributed by atoms with Crippen LogP contribution in [0.15, 0.2) is 48.5 Å². The fourth-order valence-corrected chi connectivity index (χ4v) is 3.89. The molecule has 1 aliphatic rings. The van der Waals surface area contributed by atoms with E-state index < -0.39 is 0 Å². The van der Waals surface area contributed by atoms with E-state index in [-0.39, 0.29) is 11.7 Å². The molecule has 8 heteroatoms. The average molecular weight is 437 g/mol. The average Bonchev–Trinajstić information content (AvgIpc) is 3.30. The SMILES string of the molecule is Cc1ccc(C(=O)N2CCN(CCCCCn3nnc(-c4ccccc4)n3)CC2)cc1F. The summed E-state index contributed by atoms with van der Waals surface area (Å²) < 4.78 is 13.8. The lowest BCUT2D eigenvalue weighted by Crippen LogP contribution is -2.48. The Labute approximate surface area is 187 Å². The van der Waals surface area contributed by atoms with E-state index in [2.05, 4.69) is 20.3 Å². The highest BCUT2D eigenvalue weighted by Crippen LogP contribution is 2.14. The van der Waals surface area contributed by atoms with E-state index in [0.717, 1.165) is 51.0 Å². The van der Waals surface area contributed by atoms with Crippen molar-refractivity contribution in [2.45, 2.75) is 32.7 Å². The molecule has 0 unspecified atom stereocenters. The molecule has 2 heterocycles. The summed E-state index contributed by atoms with van der Waals surface area (Å²) in [6.07, 6.45) is 3.18. The first kappa shape index (κ1) is 22.1. The van der Waals surface area contributed by atoms with Crippen molar-refractivity contribution in [1.29, 1.82) is 0 Å². The maximum Gasteiger partial charge on any atom is 0.254 e. The van der Waals surface area contributed by atoms with Crippen molar-refractivity contribution in [3.8, 4) is 11.4 Å². The van der Waals surface area contributed by atoms with Crippen molar-refractivity contribution in [2.75, 3.05) is 32.7 Å². The van der Waals surface area contributed by atoms with Crippen LogP contribution in [0.5, 0.6) is 0 Å². The fraction of sp³-hybridized carbons (Fsp3) is 0.417. The number of carbonyl (C=O) groups is 1. The fourth-order valence-electron chi connectivity index (χ4n) is 3.89. The van der Waals surface area contributed by atoms with Crippen LogP contribution >= 0.6 is 0 Å². The van der Waals surface area contributed by atoms with E-state index in [4.69, 9.17) is 0 Å². The van der Waals surface area contributed by atoms with Gasteiger partial charge in [0.15, 0.2) is 0 Å². The monoisotopic (exact) mass is 436 g/mol. The molecule has 168 valence electrons. The van der Waals surface area contributed by atoms with Crippen LogP contribution in [0.4, 0.5) is 4.39 Å². The number of halogens is 1. The molecule has 0 N–H and O–H groups in total. The lowest BCUT2D eigenvalue weighted by molar-refractivity contribution is 0.0634. The largest absolute Gasteiger partial charge is 0.336 e. The first-order chi connectivity index (χ1) is 15.6. The number of unbranched alkanes of at least 4 members (excludes halogenated alkanes) is 2. The second kappa shape index (κ2) is 10.5. The van der Waals surface area contributed by atoms with E-state index in [1.807, 2.05) is 35.2 Å².